The molecule has 0 radical (unpaired) electrons. The van der Waals surface area contributed by atoms with Gasteiger partial charge in [-0.1, -0.05) is 11.6 Å². The zero-order valence-corrected chi connectivity index (χ0v) is 9.84. The van der Waals surface area contributed by atoms with E-state index in [-0.39, 0.29) is 0 Å². The van der Waals surface area contributed by atoms with Crippen LogP contribution in [0.1, 0.15) is 19.8 Å². The van der Waals surface area contributed by atoms with E-state index >= 15 is 0 Å². The van der Waals surface area contributed by atoms with Crippen molar-refractivity contribution in [1.29, 1.82) is 0 Å². The van der Waals surface area contributed by atoms with E-state index in [1.165, 1.54) is 12.8 Å². The van der Waals surface area contributed by atoms with Gasteiger partial charge in [0.05, 0.1) is 17.8 Å². The van der Waals surface area contributed by atoms with Crippen LogP contribution in [0.4, 0.5) is 5.69 Å². The topological polar surface area (TPSA) is 21.3 Å². The molecule has 0 aromatic heterocycles. The van der Waals surface area contributed by atoms with Gasteiger partial charge in [0.1, 0.15) is 5.75 Å². The normalized spacial score (nSPS) is 17.3. The number of hydrogen-bond donors (Lipinski definition) is 1. The van der Waals surface area contributed by atoms with Crippen molar-refractivity contribution < 1.29 is 4.74 Å². The van der Waals surface area contributed by atoms with Crippen LogP contribution >= 0.6 is 11.6 Å². The predicted molar refractivity (Wildman–Crippen MR) is 63.8 cm³/mol. The molecule has 0 aliphatic heterocycles. The van der Waals surface area contributed by atoms with Crippen LogP contribution in [-0.2, 0) is 0 Å². The average molecular weight is 226 g/mol. The first-order chi connectivity index (χ1) is 7.20. The first-order valence-electron chi connectivity index (χ1n) is 5.31. The second kappa shape index (κ2) is 4.31. The number of methoxy groups -OCH3 is 1. The second-order valence-corrected chi connectivity index (χ2v) is 4.52. The molecule has 1 aliphatic carbocycles. The second-order valence-electron chi connectivity index (χ2n) is 4.12. The number of ether oxygens (including phenoxy) is 1. The van der Waals surface area contributed by atoms with Gasteiger partial charge >= 0.3 is 0 Å². The van der Waals surface area contributed by atoms with Gasteiger partial charge in [-0.2, -0.15) is 0 Å². The zero-order chi connectivity index (χ0) is 10.8. The minimum atomic E-state index is 0.510. The highest BCUT2D eigenvalue weighted by Crippen LogP contribution is 2.35. The van der Waals surface area contributed by atoms with Crippen LogP contribution in [0.25, 0.3) is 0 Å². The third kappa shape index (κ3) is 2.57. The van der Waals surface area contributed by atoms with E-state index < -0.39 is 0 Å². The molecule has 82 valence electrons. The number of rotatable bonds is 4. The van der Waals surface area contributed by atoms with Gasteiger partial charge in [0.25, 0.3) is 0 Å². The van der Waals surface area contributed by atoms with E-state index in [1.54, 1.807) is 7.11 Å². The lowest BCUT2D eigenvalue weighted by atomic mass is 10.2. The number of benzene rings is 1. The number of hydrogen-bond acceptors (Lipinski definition) is 2. The van der Waals surface area contributed by atoms with Gasteiger partial charge < -0.3 is 10.1 Å². The summed E-state index contributed by atoms with van der Waals surface area (Å²) in [6, 6.07) is 6.24. The van der Waals surface area contributed by atoms with Crippen LogP contribution in [0.15, 0.2) is 18.2 Å². The third-order valence-electron chi connectivity index (χ3n) is 2.89. The van der Waals surface area contributed by atoms with Gasteiger partial charge in [0, 0.05) is 12.1 Å². The van der Waals surface area contributed by atoms with Gasteiger partial charge in [-0.25, -0.2) is 0 Å². The molecule has 0 saturated heterocycles. The Morgan fingerprint density at radius 2 is 2.20 bits per heavy atom. The van der Waals surface area contributed by atoms with E-state index in [2.05, 4.69) is 12.2 Å². The van der Waals surface area contributed by atoms with Gasteiger partial charge in [-0.3, -0.25) is 0 Å². The van der Waals surface area contributed by atoms with Gasteiger partial charge in [0.15, 0.2) is 0 Å². The van der Waals surface area contributed by atoms with Gasteiger partial charge in [-0.15, -0.1) is 0 Å². The molecule has 1 aromatic carbocycles. The smallest absolute Gasteiger partial charge is 0.120 e. The Labute approximate surface area is 95.6 Å². The Bertz CT molecular complexity index is 349. The summed E-state index contributed by atoms with van der Waals surface area (Å²) in [5.41, 5.74) is 0.997. The molecule has 15 heavy (non-hydrogen) atoms. The monoisotopic (exact) mass is 225 g/mol. The first kappa shape index (κ1) is 10.6. The highest BCUT2D eigenvalue weighted by atomic mass is 35.5. The molecule has 2 nitrogen and oxygen atoms in total. The Balaban J connectivity index is 2.07. The fraction of sp³-hybridized carbons (Fsp3) is 0.500. The maximum Gasteiger partial charge on any atom is 0.120 e. The molecule has 0 heterocycles. The highest BCUT2D eigenvalue weighted by molar-refractivity contribution is 6.33. The largest absolute Gasteiger partial charge is 0.497 e. The molecule has 0 spiro atoms. The van der Waals surface area contributed by atoms with Crippen LogP contribution in [0, 0.1) is 5.92 Å². The standard InChI is InChI=1S/C12H16ClNO/c1-8(9-3-4-9)14-12-6-5-10(15-2)7-11(12)13/h5-9,14H,3-4H2,1-2H3. The van der Waals surface area contributed by atoms with E-state index in [9.17, 15) is 0 Å². The van der Waals surface area contributed by atoms with Crippen molar-refractivity contribution in [3.8, 4) is 5.75 Å². The maximum absolute atomic E-state index is 6.13. The Morgan fingerprint density at radius 1 is 1.47 bits per heavy atom. The molecule has 1 aliphatic rings. The lowest BCUT2D eigenvalue weighted by molar-refractivity contribution is 0.415. The van der Waals surface area contributed by atoms with Crippen molar-refractivity contribution in [3.05, 3.63) is 23.2 Å². The Morgan fingerprint density at radius 3 is 2.73 bits per heavy atom. The summed E-state index contributed by atoms with van der Waals surface area (Å²) >= 11 is 6.13. The molecule has 0 bridgehead atoms. The SMILES string of the molecule is COc1ccc(NC(C)C2CC2)c(Cl)c1. The van der Waals surface area contributed by atoms with Crippen molar-refractivity contribution >= 4 is 17.3 Å². The van der Waals surface area contributed by atoms with Crippen LogP contribution in [0.5, 0.6) is 5.75 Å². The van der Waals surface area contributed by atoms with Crippen molar-refractivity contribution in [2.75, 3.05) is 12.4 Å². The number of halogens is 1. The van der Waals surface area contributed by atoms with Crippen molar-refractivity contribution in [2.24, 2.45) is 5.92 Å². The van der Waals surface area contributed by atoms with Gasteiger partial charge in [0.2, 0.25) is 0 Å². The predicted octanol–water partition coefficient (Wildman–Crippen LogP) is 3.56. The van der Waals surface area contributed by atoms with Crippen LogP contribution < -0.4 is 10.1 Å². The van der Waals surface area contributed by atoms with Crippen molar-refractivity contribution in [2.45, 2.75) is 25.8 Å². The minimum absolute atomic E-state index is 0.510. The quantitative estimate of drug-likeness (QED) is 0.846. The molecular weight excluding hydrogens is 210 g/mol. The summed E-state index contributed by atoms with van der Waals surface area (Å²) in [7, 11) is 1.64. The van der Waals surface area contributed by atoms with Crippen molar-refractivity contribution in [1.82, 2.24) is 0 Å². The van der Waals surface area contributed by atoms with Crippen molar-refractivity contribution in [3.63, 3.8) is 0 Å². The molecule has 1 saturated carbocycles. The number of anilines is 1. The highest BCUT2D eigenvalue weighted by Gasteiger charge is 2.28. The molecule has 1 N–H and O–H groups in total. The molecule has 3 heteroatoms. The van der Waals surface area contributed by atoms with E-state index in [0.717, 1.165) is 22.4 Å². The molecular formula is C12H16ClNO. The molecule has 1 aromatic rings. The fourth-order valence-electron chi connectivity index (χ4n) is 1.70. The minimum Gasteiger partial charge on any atom is -0.497 e. The lowest BCUT2D eigenvalue weighted by Gasteiger charge is -2.15. The maximum atomic E-state index is 6.13. The average Bonchev–Trinajstić information content (AvgIpc) is 3.04. The van der Waals surface area contributed by atoms with E-state index in [1.807, 2.05) is 18.2 Å². The van der Waals surface area contributed by atoms with Crippen LogP contribution in [0.3, 0.4) is 0 Å². The number of nitrogens with one attached hydrogen (secondary N) is 1. The fourth-order valence-corrected chi connectivity index (χ4v) is 1.92. The molecule has 0 amide bonds. The lowest BCUT2D eigenvalue weighted by Crippen LogP contribution is -2.17. The molecule has 1 fully saturated rings. The molecule has 1 unspecified atom stereocenters. The Kier molecular flexibility index (Phi) is 3.06. The summed E-state index contributed by atoms with van der Waals surface area (Å²) in [5, 5.41) is 4.16. The zero-order valence-electron chi connectivity index (χ0n) is 9.09. The molecule has 2 rings (SSSR count). The first-order valence-corrected chi connectivity index (χ1v) is 5.68. The Hall–Kier alpha value is -0.890. The summed E-state index contributed by atoms with van der Waals surface area (Å²) in [6.45, 7) is 2.21. The van der Waals surface area contributed by atoms with Crippen LogP contribution in [-0.4, -0.2) is 13.2 Å². The van der Waals surface area contributed by atoms with Crippen LogP contribution in [0.2, 0.25) is 5.02 Å². The van der Waals surface area contributed by atoms with E-state index in [0.29, 0.717) is 6.04 Å². The van der Waals surface area contributed by atoms with E-state index in [4.69, 9.17) is 16.3 Å². The summed E-state index contributed by atoms with van der Waals surface area (Å²) < 4.78 is 5.10. The molecule has 1 atom stereocenters. The third-order valence-corrected chi connectivity index (χ3v) is 3.20. The summed E-state index contributed by atoms with van der Waals surface area (Å²) in [4.78, 5) is 0. The summed E-state index contributed by atoms with van der Waals surface area (Å²) in [5.74, 6) is 1.62. The van der Waals surface area contributed by atoms with Gasteiger partial charge in [-0.05, 0) is 37.8 Å². The summed E-state index contributed by atoms with van der Waals surface area (Å²) in [6.07, 6.45) is 2.67.